The molecule has 0 spiro atoms. The van der Waals surface area contributed by atoms with E-state index in [0.29, 0.717) is 22.1 Å². The number of hydrogen-bond acceptors (Lipinski definition) is 2. The zero-order valence-corrected chi connectivity index (χ0v) is 13.1. The lowest BCUT2D eigenvalue weighted by Crippen LogP contribution is -2.34. The summed E-state index contributed by atoms with van der Waals surface area (Å²) in [6, 6.07) is 4.26. The fourth-order valence-corrected chi connectivity index (χ4v) is 3.11. The van der Waals surface area contributed by atoms with E-state index in [-0.39, 0.29) is 11.6 Å². The van der Waals surface area contributed by atoms with Crippen molar-refractivity contribution in [3.05, 3.63) is 28.2 Å². The topological polar surface area (TPSA) is 78.4 Å². The van der Waals surface area contributed by atoms with Crippen LogP contribution in [0.3, 0.4) is 0 Å². The van der Waals surface area contributed by atoms with Gasteiger partial charge in [0.25, 0.3) is 0 Å². The molecule has 0 aromatic heterocycles. The zero-order chi connectivity index (χ0) is 15.0. The highest BCUT2D eigenvalue weighted by molar-refractivity contribution is 9.10. The number of amides is 2. The van der Waals surface area contributed by atoms with Crippen LogP contribution in [0.15, 0.2) is 22.7 Å². The van der Waals surface area contributed by atoms with Gasteiger partial charge in [-0.15, -0.1) is 0 Å². The lowest BCUT2D eigenvalue weighted by atomic mass is 10.0. The van der Waals surface area contributed by atoms with Gasteiger partial charge in [0.1, 0.15) is 0 Å². The molecule has 21 heavy (non-hydrogen) atoms. The molecule has 2 fully saturated rings. The number of carboxylic acids is 1. The molecule has 5 nitrogen and oxygen atoms in total. The van der Waals surface area contributed by atoms with Crippen LogP contribution in [-0.2, 0) is 0 Å². The standard InChI is InChI=1S/C15H17BrN2O3/c16-11-4-1-9(13(19)20)7-12(11)18-14(21)17-8-15(5-6-15)10-2-3-10/h1,4,7,10H,2-3,5-6,8H2,(H,19,20)(H2,17,18,21). The van der Waals surface area contributed by atoms with Crippen molar-refractivity contribution in [1.29, 1.82) is 0 Å². The summed E-state index contributed by atoms with van der Waals surface area (Å²) in [5.74, 6) is -0.225. The van der Waals surface area contributed by atoms with Crippen molar-refractivity contribution in [2.75, 3.05) is 11.9 Å². The molecule has 0 bridgehead atoms. The largest absolute Gasteiger partial charge is 0.478 e. The van der Waals surface area contributed by atoms with Crippen LogP contribution in [-0.4, -0.2) is 23.7 Å². The Hall–Kier alpha value is -1.56. The van der Waals surface area contributed by atoms with Crippen molar-refractivity contribution in [2.45, 2.75) is 25.7 Å². The number of aromatic carboxylic acids is 1. The molecular weight excluding hydrogens is 336 g/mol. The molecule has 0 saturated heterocycles. The van der Waals surface area contributed by atoms with Crippen molar-refractivity contribution >= 4 is 33.6 Å². The van der Waals surface area contributed by atoms with Crippen LogP contribution in [0, 0.1) is 11.3 Å². The van der Waals surface area contributed by atoms with Gasteiger partial charge < -0.3 is 15.7 Å². The van der Waals surface area contributed by atoms with E-state index < -0.39 is 5.97 Å². The summed E-state index contributed by atoms with van der Waals surface area (Å²) in [6.45, 7) is 0.708. The summed E-state index contributed by atoms with van der Waals surface area (Å²) in [5.41, 5.74) is 0.950. The van der Waals surface area contributed by atoms with Gasteiger partial charge >= 0.3 is 12.0 Å². The molecule has 1 aromatic rings. The zero-order valence-electron chi connectivity index (χ0n) is 11.5. The average molecular weight is 353 g/mol. The van der Waals surface area contributed by atoms with Crippen LogP contribution in [0.1, 0.15) is 36.0 Å². The third-order valence-electron chi connectivity index (χ3n) is 4.40. The molecule has 1 aromatic carbocycles. The monoisotopic (exact) mass is 352 g/mol. The summed E-state index contributed by atoms with van der Waals surface area (Å²) in [4.78, 5) is 22.9. The number of hydrogen-bond donors (Lipinski definition) is 3. The van der Waals surface area contributed by atoms with E-state index in [1.165, 1.54) is 37.8 Å². The first-order valence-corrected chi connectivity index (χ1v) is 7.87. The van der Waals surface area contributed by atoms with Gasteiger partial charge in [-0.3, -0.25) is 0 Å². The fraction of sp³-hybridized carbons (Fsp3) is 0.467. The predicted octanol–water partition coefficient (Wildman–Crippen LogP) is 3.46. The first-order chi connectivity index (χ1) is 10.00. The third-order valence-corrected chi connectivity index (χ3v) is 5.09. The normalized spacial score (nSPS) is 18.9. The molecule has 112 valence electrons. The van der Waals surface area contributed by atoms with Crippen molar-refractivity contribution in [3.63, 3.8) is 0 Å². The molecule has 0 heterocycles. The van der Waals surface area contributed by atoms with Gasteiger partial charge in [0, 0.05) is 11.0 Å². The van der Waals surface area contributed by atoms with Crippen molar-refractivity contribution in [1.82, 2.24) is 5.32 Å². The number of benzene rings is 1. The summed E-state index contributed by atoms with van der Waals surface area (Å²) in [5, 5.41) is 14.6. The molecule has 2 amide bonds. The summed E-state index contributed by atoms with van der Waals surface area (Å²) >= 11 is 3.31. The number of nitrogens with one attached hydrogen (secondary N) is 2. The van der Waals surface area contributed by atoms with E-state index >= 15 is 0 Å². The van der Waals surface area contributed by atoms with Gasteiger partial charge in [-0.2, -0.15) is 0 Å². The lowest BCUT2D eigenvalue weighted by Gasteiger charge is -2.16. The van der Waals surface area contributed by atoms with Crippen LogP contribution < -0.4 is 10.6 Å². The minimum Gasteiger partial charge on any atom is -0.478 e. The first-order valence-electron chi connectivity index (χ1n) is 7.08. The quantitative estimate of drug-likeness (QED) is 0.759. The van der Waals surface area contributed by atoms with E-state index in [2.05, 4.69) is 26.6 Å². The smallest absolute Gasteiger partial charge is 0.335 e. The maximum Gasteiger partial charge on any atom is 0.335 e. The van der Waals surface area contributed by atoms with Crippen molar-refractivity contribution < 1.29 is 14.7 Å². The third kappa shape index (κ3) is 3.20. The average Bonchev–Trinajstić information content (AvgIpc) is 3.31. The molecule has 0 radical (unpaired) electrons. The van der Waals surface area contributed by atoms with Gasteiger partial charge in [-0.1, -0.05) is 0 Å². The number of rotatable bonds is 5. The second-order valence-corrected chi connectivity index (χ2v) is 6.80. The van der Waals surface area contributed by atoms with Gasteiger partial charge in [-0.05, 0) is 71.1 Å². The lowest BCUT2D eigenvalue weighted by molar-refractivity contribution is 0.0697. The number of carbonyl (C=O) groups is 2. The minimum absolute atomic E-state index is 0.144. The summed E-state index contributed by atoms with van der Waals surface area (Å²) < 4.78 is 0.658. The van der Waals surface area contributed by atoms with Crippen molar-refractivity contribution in [3.8, 4) is 0 Å². The first kappa shape index (κ1) is 14.4. The van der Waals surface area contributed by atoms with Crippen LogP contribution in [0.2, 0.25) is 0 Å². The molecule has 0 unspecified atom stereocenters. The second-order valence-electron chi connectivity index (χ2n) is 5.94. The van der Waals surface area contributed by atoms with Gasteiger partial charge in [0.15, 0.2) is 0 Å². The maximum absolute atomic E-state index is 12.0. The van der Waals surface area contributed by atoms with Gasteiger partial charge in [0.2, 0.25) is 0 Å². The van der Waals surface area contributed by atoms with Crippen LogP contribution >= 0.6 is 15.9 Å². The van der Waals surface area contributed by atoms with Gasteiger partial charge in [0.05, 0.1) is 11.3 Å². The highest BCUT2D eigenvalue weighted by Gasteiger charge is 2.53. The molecule has 2 aliphatic carbocycles. The highest BCUT2D eigenvalue weighted by atomic mass is 79.9. The molecule has 3 rings (SSSR count). The van der Waals surface area contributed by atoms with E-state index in [1.54, 1.807) is 6.07 Å². The highest BCUT2D eigenvalue weighted by Crippen LogP contribution is 2.60. The Balaban J connectivity index is 1.59. The van der Waals surface area contributed by atoms with Crippen LogP contribution in [0.25, 0.3) is 0 Å². The Morgan fingerprint density at radius 1 is 1.33 bits per heavy atom. The molecule has 6 heteroatoms. The second kappa shape index (κ2) is 5.33. The Morgan fingerprint density at radius 2 is 2.05 bits per heavy atom. The Bertz CT molecular complexity index is 595. The van der Waals surface area contributed by atoms with E-state index in [9.17, 15) is 9.59 Å². The van der Waals surface area contributed by atoms with Crippen LogP contribution in [0.4, 0.5) is 10.5 Å². The molecule has 3 N–H and O–H groups in total. The number of carbonyl (C=O) groups excluding carboxylic acids is 1. The molecular formula is C15H17BrN2O3. The molecule has 2 aliphatic rings. The van der Waals surface area contributed by atoms with Crippen molar-refractivity contribution in [2.24, 2.45) is 11.3 Å². The van der Waals surface area contributed by atoms with Gasteiger partial charge in [-0.25, -0.2) is 9.59 Å². The number of halogens is 1. The maximum atomic E-state index is 12.0. The Morgan fingerprint density at radius 3 is 2.62 bits per heavy atom. The molecule has 0 aliphatic heterocycles. The fourth-order valence-electron chi connectivity index (χ4n) is 2.76. The predicted molar refractivity (Wildman–Crippen MR) is 82.5 cm³/mol. The molecule has 2 saturated carbocycles. The Kier molecular flexibility index (Phi) is 3.65. The Labute approximate surface area is 131 Å². The summed E-state index contributed by atoms with van der Waals surface area (Å²) in [6.07, 6.45) is 4.98. The number of urea groups is 1. The minimum atomic E-state index is -1.02. The van der Waals surface area contributed by atoms with Crippen LogP contribution in [0.5, 0.6) is 0 Å². The SMILES string of the molecule is O=C(NCC1(C2CC2)CC1)Nc1cc(C(=O)O)ccc1Br. The summed E-state index contributed by atoms with van der Waals surface area (Å²) in [7, 11) is 0. The number of carboxylic acid groups (broad SMARTS) is 1. The van der Waals surface area contributed by atoms with E-state index in [4.69, 9.17) is 5.11 Å². The van der Waals surface area contributed by atoms with E-state index in [0.717, 1.165) is 5.92 Å². The number of anilines is 1. The van der Waals surface area contributed by atoms with E-state index in [1.807, 2.05) is 0 Å². The molecule has 0 atom stereocenters.